The van der Waals surface area contributed by atoms with Crippen molar-refractivity contribution < 1.29 is 91.9 Å². The molecule has 19 heteroatoms. The summed E-state index contributed by atoms with van der Waals surface area (Å²) >= 11 is 0. The van der Waals surface area contributed by atoms with Crippen molar-refractivity contribution in [3.8, 4) is 0 Å². The quantitative estimate of drug-likeness (QED) is 0.0297. The smallest absolute Gasteiger partial charge is 0.416 e. The Morgan fingerprint density at radius 2 is 0.778 bits per heavy atom. The number of carbonyl (C=O) groups is 1. The van der Waals surface area contributed by atoms with Crippen molar-refractivity contribution in [3.05, 3.63) is 250 Å². The average molecular weight is 1420 g/mol. The molecule has 1 unspecified atom stereocenters. The van der Waals surface area contributed by atoms with Gasteiger partial charge in [0.2, 0.25) is 0 Å². The summed E-state index contributed by atoms with van der Waals surface area (Å²) in [7, 11) is 1.00. The summed E-state index contributed by atoms with van der Waals surface area (Å²) < 4.78 is 113. The minimum Gasteiger partial charge on any atom is -0.870 e. The zero-order valence-corrected chi connectivity index (χ0v) is 59.9. The Morgan fingerprint density at radius 3 is 1.15 bits per heavy atom. The Balaban J connectivity index is -0.00000117. The van der Waals surface area contributed by atoms with Gasteiger partial charge in [0.05, 0.1) is 16.7 Å². The van der Waals surface area contributed by atoms with E-state index in [9.17, 15) is 59.6 Å². The predicted molar refractivity (Wildman–Crippen MR) is 382 cm³/mol. The van der Waals surface area contributed by atoms with E-state index in [0.717, 1.165) is 76.8 Å². The van der Waals surface area contributed by atoms with Crippen molar-refractivity contribution in [2.24, 2.45) is 10.7 Å². The minimum atomic E-state index is -4.29. The number of aliphatic hydroxyl groups excluding tert-OH is 1. The largest absolute Gasteiger partial charge is 0.870 e. The van der Waals surface area contributed by atoms with Crippen LogP contribution in [0.4, 0.5) is 39.5 Å². The molecule has 0 fully saturated rings. The van der Waals surface area contributed by atoms with Crippen LogP contribution in [0.1, 0.15) is 170 Å². The van der Waals surface area contributed by atoms with E-state index in [1.54, 1.807) is 66.7 Å². The molecule has 0 saturated heterocycles. The molecule has 0 amide bonds. The molecule has 0 aliphatic heterocycles. The van der Waals surface area contributed by atoms with Crippen molar-refractivity contribution in [2.75, 3.05) is 26.7 Å². The molecule has 0 saturated carbocycles. The average Bonchev–Trinajstić information content (AvgIpc) is 0.840. The van der Waals surface area contributed by atoms with Crippen molar-refractivity contribution in [2.45, 2.75) is 171 Å². The Hall–Kier alpha value is -7.10. The van der Waals surface area contributed by atoms with Crippen molar-refractivity contribution in [1.29, 1.82) is 0 Å². The van der Waals surface area contributed by atoms with Crippen molar-refractivity contribution >= 4 is 43.8 Å². The van der Waals surface area contributed by atoms with Crippen LogP contribution >= 0.6 is 0 Å². The van der Waals surface area contributed by atoms with E-state index in [-0.39, 0.29) is 46.4 Å². The number of fused-ring (bicyclic) bond motifs is 3. The van der Waals surface area contributed by atoms with Gasteiger partial charge in [-0.2, -0.15) is 39.5 Å². The maximum atomic E-state index is 12.8. The molecule has 0 spiro atoms. The zero-order chi connectivity index (χ0) is 72.4. The molecule has 9 rings (SSSR count). The fourth-order valence-corrected chi connectivity index (χ4v) is 9.05. The van der Waals surface area contributed by atoms with Gasteiger partial charge in [0.1, 0.15) is 0 Å². The van der Waals surface area contributed by atoms with Crippen LogP contribution in [0.5, 0.6) is 0 Å². The molecule has 9 aromatic rings. The van der Waals surface area contributed by atoms with E-state index >= 15 is 0 Å². The number of aliphatic hydroxyl groups is 1. The molecule has 0 aliphatic carbocycles. The Labute approximate surface area is 597 Å². The minimum absolute atomic E-state index is 0. The second-order valence-electron chi connectivity index (χ2n) is 22.9. The van der Waals surface area contributed by atoms with E-state index < -0.39 is 53.5 Å². The number of nitrogens with two attached hydrogens (primary N) is 1. The number of benzene rings is 9. The number of aryl methyl sites for hydroxylation is 3. The maximum absolute atomic E-state index is 12.8. The van der Waals surface area contributed by atoms with Gasteiger partial charge in [-0.3, -0.25) is 9.79 Å². The summed E-state index contributed by atoms with van der Waals surface area (Å²) in [6.07, 6.45) is -8.81. The number of carbonyl (C=O) groups excluding carboxylic acids is 1. The van der Waals surface area contributed by atoms with Crippen LogP contribution in [0.15, 0.2) is 205 Å². The van der Waals surface area contributed by atoms with Crippen molar-refractivity contribution in [1.82, 2.24) is 5.32 Å². The summed E-state index contributed by atoms with van der Waals surface area (Å²) in [6, 6.07) is 59.2. The molecule has 0 aromatic heterocycles. The number of alkyl halides is 9. The van der Waals surface area contributed by atoms with Gasteiger partial charge in [-0.05, 0) is 145 Å². The summed E-state index contributed by atoms with van der Waals surface area (Å²) in [4.78, 5) is 15.9. The molecule has 9 aromatic carbocycles. The first-order valence-electron chi connectivity index (χ1n) is 32.1. The molecule has 1 atom stereocenters. The number of aliphatic imine (C=N–C) groups is 1. The Bertz CT molecular complexity index is 3600. The third kappa shape index (κ3) is 40.1. The summed E-state index contributed by atoms with van der Waals surface area (Å²) in [6.45, 7) is 21.4. The Morgan fingerprint density at radius 1 is 0.475 bits per heavy atom. The number of nitrogens with zero attached hydrogens (tertiary/aromatic N) is 1. The number of ketones is 1. The summed E-state index contributed by atoms with van der Waals surface area (Å²) in [5, 5.41) is 46.0. The molecule has 5 N–H and O–H groups in total. The topological polar surface area (TPSA) is 187 Å². The van der Waals surface area contributed by atoms with Gasteiger partial charge in [0.15, 0.2) is 5.78 Å². The molecule has 9 nitrogen and oxygen atoms in total. The molecule has 99 heavy (non-hydrogen) atoms. The molecule has 0 heterocycles. The van der Waals surface area contributed by atoms with E-state index in [1.807, 2.05) is 85.8 Å². The molecule has 544 valence electrons. The first-order chi connectivity index (χ1) is 45.3. The molecule has 0 aliphatic rings. The monoisotopic (exact) mass is 1420 g/mol. The molecular formula is C80H102F9N3O6Ti-4. The predicted octanol–water partition coefficient (Wildman–Crippen LogP) is 18.8. The fourth-order valence-electron chi connectivity index (χ4n) is 9.05. The van der Waals surface area contributed by atoms with Crippen LogP contribution in [-0.4, -0.2) is 67.1 Å². The number of halogens is 9. The van der Waals surface area contributed by atoms with Gasteiger partial charge in [0, 0.05) is 58.3 Å². The van der Waals surface area contributed by atoms with E-state index in [4.69, 9.17) is 10.8 Å². The van der Waals surface area contributed by atoms with Gasteiger partial charge in [0.25, 0.3) is 0 Å². The molecule has 0 radical (unpaired) electrons. The van der Waals surface area contributed by atoms with Crippen LogP contribution in [-0.2, 0) is 59.5 Å². The zero-order valence-electron chi connectivity index (χ0n) is 58.4. The number of hydrogen-bond acceptors (Lipinski definition) is 9. The number of nitrogens with one attached hydrogen (secondary N) is 1. The molecular weight excluding hydrogens is 1320 g/mol. The Kier molecular flexibility index (Phi) is 50.4. The second-order valence-corrected chi connectivity index (χ2v) is 22.9. The van der Waals surface area contributed by atoms with Gasteiger partial charge in [-0.15, -0.1) is 18.3 Å². The standard InChI is InChI=1S/C22H22F3N.C22H20F3N.C12H10O.C10H12F3N.3C3H7O.C3H8.CH4O.CH4.H2O.Ti/c2*1-16(20-13-5-10-18-9-2-3-12-21(18)20)26-14-6-8-17-7-4-11-19(15-17)22(23,24)25;1-9(13)11-8-4-6-10-5-2-3-7-12(10)11;11-10(12,13)9-5-1-3-8(7-9)4-2-6-14;3*1-3(2)4;1-3-2;1-2;;;/h2-5,7,9-13,15-16,26H,6,8,14H2,1H3;2-5,7,9-13,15H,6,8,14H2,1H3;2-8H,1H3;1,3,5,7H,2,4,6,14H2;3*3H,1-2H3;3H2,1-2H3;2H,1H3;1H4;1H2;/q;;;;3*-1;;;;;/p-1. The summed E-state index contributed by atoms with van der Waals surface area (Å²) in [5.74, 6) is 0.122. The molecule has 0 bridgehead atoms. The van der Waals surface area contributed by atoms with Gasteiger partial charge in [-0.25, -0.2) is 0 Å². The number of hydrogen-bond donors (Lipinski definition) is 3. The van der Waals surface area contributed by atoms with E-state index in [2.05, 4.69) is 79.6 Å². The van der Waals surface area contributed by atoms with Gasteiger partial charge < -0.3 is 37.0 Å². The maximum Gasteiger partial charge on any atom is 0.416 e. The third-order valence-electron chi connectivity index (χ3n) is 13.1. The fraction of sp³-hybridized carbons (Fsp3) is 0.375. The van der Waals surface area contributed by atoms with Crippen LogP contribution in [0, 0.1) is 0 Å². The van der Waals surface area contributed by atoms with Crippen LogP contribution in [0.25, 0.3) is 32.3 Å². The first kappa shape index (κ1) is 96.1. The number of rotatable bonds is 15. The van der Waals surface area contributed by atoms with Crippen LogP contribution < -0.4 is 26.4 Å². The van der Waals surface area contributed by atoms with E-state index in [0.29, 0.717) is 56.3 Å². The third-order valence-corrected chi connectivity index (χ3v) is 13.1. The van der Waals surface area contributed by atoms with Crippen molar-refractivity contribution in [3.63, 3.8) is 0 Å². The van der Waals surface area contributed by atoms with Crippen LogP contribution in [0.3, 0.4) is 0 Å². The van der Waals surface area contributed by atoms with Gasteiger partial charge >= 0.3 is 18.5 Å². The van der Waals surface area contributed by atoms with E-state index in [1.165, 1.54) is 64.5 Å². The van der Waals surface area contributed by atoms with Gasteiger partial charge in [-0.1, -0.05) is 251 Å². The number of Topliss-reactive ketones (excluding diaryl/α,β-unsaturated/α-hetero) is 1. The second kappa shape index (κ2) is 52.0. The summed E-state index contributed by atoms with van der Waals surface area (Å²) in [5.41, 5.74) is 9.71. The first-order valence-corrected chi connectivity index (χ1v) is 32.1. The SMILES string of the molecule is C.CC(=NCCCc1cccc(C(F)(F)F)c1)c1cccc2ccccc12.CC(=O)c1cccc2ccccc12.CC(C)[O-].CC(C)[O-].CC(C)[O-].CC(NCCCc1cccc(C(F)(F)F)c1)c1cccc2ccccc12.CCC.CO.NCCCc1cccc(C(F)(F)F)c1.[OH-].[Ti]. The normalized spacial score (nSPS) is 11.1. The van der Waals surface area contributed by atoms with Crippen LogP contribution in [0.2, 0.25) is 0 Å².